The Labute approximate surface area is 102 Å². The molecule has 0 amide bonds. The second kappa shape index (κ2) is 6.57. The average Bonchev–Trinajstić information content (AvgIpc) is 2.38. The summed E-state index contributed by atoms with van der Waals surface area (Å²) < 4.78 is 5.66. The van der Waals surface area contributed by atoms with Crippen LogP contribution in [-0.2, 0) is 0 Å². The summed E-state index contributed by atoms with van der Waals surface area (Å²) in [4.78, 5) is 0. The van der Waals surface area contributed by atoms with Crippen LogP contribution in [0.1, 0.15) is 38.5 Å². The van der Waals surface area contributed by atoms with Crippen LogP contribution in [0.4, 0.5) is 0 Å². The van der Waals surface area contributed by atoms with Crippen molar-refractivity contribution in [3.05, 3.63) is 12.7 Å². The van der Waals surface area contributed by atoms with E-state index >= 15 is 0 Å². The Morgan fingerprint density at radius 3 is 1.62 bits per heavy atom. The molecule has 92 valence electrons. The van der Waals surface area contributed by atoms with E-state index in [4.69, 9.17) is 0 Å². The molecule has 0 saturated carbocycles. The zero-order chi connectivity index (χ0) is 11.2. The normalized spacial score (nSPS) is 24.8. The Morgan fingerprint density at radius 2 is 1.25 bits per heavy atom. The van der Waals surface area contributed by atoms with E-state index in [0.717, 1.165) is 0 Å². The lowest BCUT2D eigenvalue weighted by molar-refractivity contribution is 0.279. The molecule has 2 fully saturated rings. The highest BCUT2D eigenvalue weighted by molar-refractivity contribution is 6.53. The van der Waals surface area contributed by atoms with Crippen molar-refractivity contribution in [2.75, 3.05) is 26.2 Å². The van der Waals surface area contributed by atoms with Gasteiger partial charge in [-0.2, -0.15) is 0 Å². The third-order valence-corrected chi connectivity index (χ3v) is 7.48. The fraction of sp³-hybridized carbons (Fsp3) is 0.846. The molecule has 2 heterocycles. The summed E-state index contributed by atoms with van der Waals surface area (Å²) in [6, 6.07) is 1.28. The molecule has 0 aromatic carbocycles. The highest BCUT2D eigenvalue weighted by Crippen LogP contribution is 2.19. The molecule has 16 heavy (non-hydrogen) atoms. The van der Waals surface area contributed by atoms with Crippen LogP contribution in [0, 0.1) is 0 Å². The summed E-state index contributed by atoms with van der Waals surface area (Å²) in [5.74, 6) is 0. The van der Waals surface area contributed by atoms with Crippen LogP contribution < -0.4 is 0 Å². The van der Waals surface area contributed by atoms with Gasteiger partial charge in [0, 0.05) is 0 Å². The number of piperidine rings is 2. The van der Waals surface area contributed by atoms with Crippen molar-refractivity contribution >= 4 is 9.12 Å². The van der Waals surface area contributed by atoms with Gasteiger partial charge in [0.15, 0.2) is 9.12 Å². The SMILES string of the molecule is C=CC[SiH](N1CCCCC1)N1CCCCC1. The van der Waals surface area contributed by atoms with Gasteiger partial charge in [0.1, 0.15) is 0 Å². The molecule has 0 aromatic heterocycles. The zero-order valence-electron chi connectivity index (χ0n) is 10.5. The summed E-state index contributed by atoms with van der Waals surface area (Å²) in [7, 11) is -0.848. The van der Waals surface area contributed by atoms with Crippen LogP contribution in [0.2, 0.25) is 6.04 Å². The summed E-state index contributed by atoms with van der Waals surface area (Å²) in [6.45, 7) is 9.42. The summed E-state index contributed by atoms with van der Waals surface area (Å²) in [6.07, 6.45) is 10.8. The molecular weight excluding hydrogens is 212 g/mol. The van der Waals surface area contributed by atoms with Crippen molar-refractivity contribution in [1.29, 1.82) is 0 Å². The molecule has 0 aromatic rings. The number of rotatable bonds is 4. The van der Waals surface area contributed by atoms with Crippen LogP contribution in [0.15, 0.2) is 12.7 Å². The van der Waals surface area contributed by atoms with E-state index in [2.05, 4.69) is 21.8 Å². The minimum Gasteiger partial charge on any atom is -0.314 e. The number of hydrogen-bond donors (Lipinski definition) is 0. The van der Waals surface area contributed by atoms with Gasteiger partial charge >= 0.3 is 0 Å². The van der Waals surface area contributed by atoms with E-state index in [1.807, 2.05) is 0 Å². The Balaban J connectivity index is 1.93. The van der Waals surface area contributed by atoms with E-state index < -0.39 is 9.12 Å². The van der Waals surface area contributed by atoms with Gasteiger partial charge < -0.3 is 9.13 Å². The van der Waals surface area contributed by atoms with E-state index in [1.54, 1.807) is 0 Å². The molecule has 3 heteroatoms. The predicted octanol–water partition coefficient (Wildman–Crippen LogP) is 2.36. The molecule has 0 N–H and O–H groups in total. The van der Waals surface area contributed by atoms with Gasteiger partial charge in [-0.05, 0) is 57.9 Å². The van der Waals surface area contributed by atoms with Gasteiger partial charge in [-0.15, -0.1) is 6.58 Å². The molecule has 2 aliphatic rings. The molecule has 0 radical (unpaired) electrons. The second-order valence-electron chi connectivity index (χ2n) is 5.20. The molecule has 0 unspecified atom stereocenters. The fourth-order valence-corrected chi connectivity index (χ4v) is 6.39. The maximum Gasteiger partial charge on any atom is 0.193 e. The minimum absolute atomic E-state index is 0.848. The van der Waals surface area contributed by atoms with E-state index in [1.165, 1.54) is 70.7 Å². The van der Waals surface area contributed by atoms with Crippen molar-refractivity contribution in [2.45, 2.75) is 44.6 Å². The van der Waals surface area contributed by atoms with Crippen LogP contribution in [0.25, 0.3) is 0 Å². The lowest BCUT2D eigenvalue weighted by atomic mass is 10.2. The van der Waals surface area contributed by atoms with E-state index in [0.29, 0.717) is 0 Å². The van der Waals surface area contributed by atoms with Crippen molar-refractivity contribution in [1.82, 2.24) is 9.13 Å². The Morgan fingerprint density at radius 1 is 0.812 bits per heavy atom. The lowest BCUT2D eigenvalue weighted by Crippen LogP contribution is -2.55. The largest absolute Gasteiger partial charge is 0.314 e. The van der Waals surface area contributed by atoms with Crippen molar-refractivity contribution in [3.63, 3.8) is 0 Å². The average molecular weight is 238 g/mol. The van der Waals surface area contributed by atoms with Crippen molar-refractivity contribution < 1.29 is 0 Å². The van der Waals surface area contributed by atoms with Gasteiger partial charge in [0.05, 0.1) is 0 Å². The molecule has 0 bridgehead atoms. The molecule has 0 spiro atoms. The van der Waals surface area contributed by atoms with Gasteiger partial charge in [-0.3, -0.25) is 0 Å². The third-order valence-electron chi connectivity index (χ3n) is 4.00. The molecule has 0 atom stereocenters. The highest BCUT2D eigenvalue weighted by Gasteiger charge is 2.28. The first-order valence-corrected chi connectivity index (χ1v) is 8.86. The standard InChI is InChI=1S/C13H26N2Si/c1-2-13-16(14-9-5-3-6-10-14)15-11-7-4-8-12-15/h2,16H,1,3-13H2. The van der Waals surface area contributed by atoms with Gasteiger partial charge in [0.25, 0.3) is 0 Å². The smallest absolute Gasteiger partial charge is 0.193 e. The monoisotopic (exact) mass is 238 g/mol. The number of nitrogens with zero attached hydrogens (tertiary/aromatic N) is 2. The maximum absolute atomic E-state index is 3.97. The first-order chi connectivity index (χ1) is 7.92. The van der Waals surface area contributed by atoms with E-state index in [9.17, 15) is 0 Å². The highest BCUT2D eigenvalue weighted by atomic mass is 28.3. The topological polar surface area (TPSA) is 6.48 Å². The third kappa shape index (κ3) is 3.19. The molecular formula is C13H26N2Si. The summed E-state index contributed by atoms with van der Waals surface area (Å²) in [5.41, 5.74) is 0. The zero-order valence-corrected chi connectivity index (χ0v) is 11.7. The summed E-state index contributed by atoms with van der Waals surface area (Å²) in [5, 5.41) is 0. The maximum atomic E-state index is 3.97. The lowest BCUT2D eigenvalue weighted by Gasteiger charge is -2.41. The minimum atomic E-state index is -0.848. The van der Waals surface area contributed by atoms with Gasteiger partial charge in [0.2, 0.25) is 0 Å². The van der Waals surface area contributed by atoms with Crippen molar-refractivity contribution in [2.24, 2.45) is 0 Å². The number of hydrogen-bond acceptors (Lipinski definition) is 2. The molecule has 2 nitrogen and oxygen atoms in total. The van der Waals surface area contributed by atoms with E-state index in [-0.39, 0.29) is 0 Å². The number of allylic oxidation sites excluding steroid dienone is 1. The molecule has 2 aliphatic heterocycles. The van der Waals surface area contributed by atoms with Crippen molar-refractivity contribution in [3.8, 4) is 0 Å². The first kappa shape index (κ1) is 12.3. The summed E-state index contributed by atoms with van der Waals surface area (Å²) >= 11 is 0. The van der Waals surface area contributed by atoms with Crippen LogP contribution >= 0.6 is 0 Å². The fourth-order valence-electron chi connectivity index (χ4n) is 3.11. The molecule has 2 saturated heterocycles. The Bertz CT molecular complexity index is 190. The Hall–Kier alpha value is -0.123. The van der Waals surface area contributed by atoms with Crippen LogP contribution in [-0.4, -0.2) is 44.4 Å². The Kier molecular flexibility index (Phi) is 5.07. The molecule has 0 aliphatic carbocycles. The first-order valence-electron chi connectivity index (χ1n) is 7.01. The van der Waals surface area contributed by atoms with Crippen LogP contribution in [0.3, 0.4) is 0 Å². The van der Waals surface area contributed by atoms with Gasteiger partial charge in [-0.25, -0.2) is 0 Å². The predicted molar refractivity (Wildman–Crippen MR) is 73.0 cm³/mol. The molecule has 2 rings (SSSR count). The van der Waals surface area contributed by atoms with Gasteiger partial charge in [-0.1, -0.05) is 18.9 Å². The van der Waals surface area contributed by atoms with Crippen LogP contribution in [0.5, 0.6) is 0 Å². The second-order valence-corrected chi connectivity index (χ2v) is 8.09. The quantitative estimate of drug-likeness (QED) is 0.548.